The van der Waals surface area contributed by atoms with Gasteiger partial charge in [-0.25, -0.2) is 0 Å². The molecule has 5 heteroatoms. The maximum absolute atomic E-state index is 12.5. The summed E-state index contributed by atoms with van der Waals surface area (Å²) >= 11 is 0. The first kappa shape index (κ1) is 17.2. The Labute approximate surface area is 147 Å². The van der Waals surface area contributed by atoms with Crippen LogP contribution in [0.2, 0.25) is 0 Å². The highest BCUT2D eigenvalue weighted by Crippen LogP contribution is 2.23. The third-order valence-electron chi connectivity index (χ3n) is 4.68. The molecule has 130 valence electrons. The molecular formula is C20H23N3O2. The Morgan fingerprint density at radius 1 is 1.16 bits per heavy atom. The molecule has 2 aromatic carbocycles. The van der Waals surface area contributed by atoms with Crippen molar-refractivity contribution in [3.05, 3.63) is 64.7 Å². The number of rotatable bonds is 4. The SMILES string of the molecule is Cc1ccc(NC(=O)CN2Cc3ccccc3C[C@H]2C(N)=O)c(C)c1. The molecule has 1 heterocycles. The molecule has 1 atom stereocenters. The van der Waals surface area contributed by atoms with Crippen LogP contribution in [0.1, 0.15) is 22.3 Å². The number of hydrogen-bond donors (Lipinski definition) is 2. The van der Waals surface area contributed by atoms with E-state index in [2.05, 4.69) is 5.32 Å². The second kappa shape index (κ2) is 7.07. The van der Waals surface area contributed by atoms with E-state index in [-0.39, 0.29) is 12.5 Å². The van der Waals surface area contributed by atoms with Crippen LogP contribution in [0.5, 0.6) is 0 Å². The minimum atomic E-state index is -0.459. The highest BCUT2D eigenvalue weighted by Gasteiger charge is 2.31. The number of nitrogens with one attached hydrogen (secondary N) is 1. The molecule has 0 unspecified atom stereocenters. The Kier molecular flexibility index (Phi) is 4.86. The summed E-state index contributed by atoms with van der Waals surface area (Å²) in [6, 6.07) is 13.4. The van der Waals surface area contributed by atoms with Crippen molar-refractivity contribution < 1.29 is 9.59 Å². The fourth-order valence-corrected chi connectivity index (χ4v) is 3.35. The summed E-state index contributed by atoms with van der Waals surface area (Å²) in [7, 11) is 0. The van der Waals surface area contributed by atoms with Gasteiger partial charge in [0.2, 0.25) is 11.8 Å². The van der Waals surface area contributed by atoms with Gasteiger partial charge >= 0.3 is 0 Å². The number of carbonyl (C=O) groups is 2. The minimum Gasteiger partial charge on any atom is -0.368 e. The largest absolute Gasteiger partial charge is 0.368 e. The molecule has 5 nitrogen and oxygen atoms in total. The molecule has 2 amide bonds. The average Bonchev–Trinajstić information content (AvgIpc) is 2.56. The second-order valence-electron chi connectivity index (χ2n) is 6.66. The van der Waals surface area contributed by atoms with Gasteiger partial charge < -0.3 is 11.1 Å². The number of nitrogens with zero attached hydrogens (tertiary/aromatic N) is 1. The Balaban J connectivity index is 1.74. The van der Waals surface area contributed by atoms with E-state index in [0.717, 1.165) is 27.9 Å². The van der Waals surface area contributed by atoms with Crippen molar-refractivity contribution in [3.8, 4) is 0 Å². The quantitative estimate of drug-likeness (QED) is 0.898. The monoisotopic (exact) mass is 337 g/mol. The molecular weight excluding hydrogens is 314 g/mol. The summed E-state index contributed by atoms with van der Waals surface area (Å²) in [5.41, 5.74) is 10.8. The van der Waals surface area contributed by atoms with Crippen LogP contribution >= 0.6 is 0 Å². The molecule has 1 aliphatic heterocycles. The van der Waals surface area contributed by atoms with Gasteiger partial charge in [0.05, 0.1) is 12.6 Å². The summed E-state index contributed by atoms with van der Waals surface area (Å²) in [6.45, 7) is 4.66. The van der Waals surface area contributed by atoms with Crippen molar-refractivity contribution in [3.63, 3.8) is 0 Å². The Morgan fingerprint density at radius 2 is 1.88 bits per heavy atom. The molecule has 1 aliphatic rings. The molecule has 0 aromatic heterocycles. The molecule has 25 heavy (non-hydrogen) atoms. The van der Waals surface area contributed by atoms with Gasteiger partial charge in [0, 0.05) is 12.2 Å². The van der Waals surface area contributed by atoms with Gasteiger partial charge in [0.1, 0.15) is 0 Å². The van der Waals surface area contributed by atoms with Crippen LogP contribution in [0.25, 0.3) is 0 Å². The Hall–Kier alpha value is -2.66. The lowest BCUT2D eigenvalue weighted by atomic mass is 9.93. The van der Waals surface area contributed by atoms with Crippen LogP contribution in [-0.2, 0) is 22.6 Å². The first-order valence-electron chi connectivity index (χ1n) is 8.41. The van der Waals surface area contributed by atoms with Gasteiger partial charge in [-0.05, 0) is 43.0 Å². The maximum atomic E-state index is 12.5. The van der Waals surface area contributed by atoms with E-state index < -0.39 is 11.9 Å². The van der Waals surface area contributed by atoms with Crippen LogP contribution in [0, 0.1) is 13.8 Å². The molecule has 0 saturated heterocycles. The van der Waals surface area contributed by atoms with E-state index in [9.17, 15) is 9.59 Å². The standard InChI is InChI=1S/C20H23N3O2/c1-13-7-8-17(14(2)9-13)22-19(24)12-23-11-16-6-4-3-5-15(16)10-18(23)20(21)25/h3-9,18H,10-12H2,1-2H3,(H2,21,25)(H,22,24)/t18-/m0/s1. The summed E-state index contributed by atoms with van der Waals surface area (Å²) < 4.78 is 0. The maximum Gasteiger partial charge on any atom is 0.238 e. The zero-order chi connectivity index (χ0) is 18.0. The topological polar surface area (TPSA) is 75.4 Å². The van der Waals surface area contributed by atoms with Gasteiger partial charge in [-0.3, -0.25) is 14.5 Å². The zero-order valence-corrected chi connectivity index (χ0v) is 14.6. The number of anilines is 1. The summed E-state index contributed by atoms with van der Waals surface area (Å²) in [6.07, 6.45) is 0.544. The molecule has 0 spiro atoms. The normalized spacial score (nSPS) is 17.0. The second-order valence-corrected chi connectivity index (χ2v) is 6.66. The van der Waals surface area contributed by atoms with E-state index in [1.807, 2.05) is 61.2 Å². The fraction of sp³-hybridized carbons (Fsp3) is 0.300. The molecule has 0 bridgehead atoms. The highest BCUT2D eigenvalue weighted by atomic mass is 16.2. The number of benzene rings is 2. The molecule has 0 aliphatic carbocycles. The van der Waals surface area contributed by atoms with Crippen LogP contribution in [0.4, 0.5) is 5.69 Å². The van der Waals surface area contributed by atoms with E-state index in [1.165, 1.54) is 0 Å². The third kappa shape index (κ3) is 3.88. The molecule has 0 radical (unpaired) electrons. The van der Waals surface area contributed by atoms with Crippen LogP contribution in [-0.4, -0.2) is 29.3 Å². The van der Waals surface area contributed by atoms with Crippen LogP contribution in [0.3, 0.4) is 0 Å². The van der Waals surface area contributed by atoms with Gasteiger partial charge in [0.15, 0.2) is 0 Å². The molecule has 0 saturated carbocycles. The molecule has 3 rings (SSSR count). The van der Waals surface area contributed by atoms with Gasteiger partial charge in [0.25, 0.3) is 0 Å². The number of primary amides is 1. The van der Waals surface area contributed by atoms with Gasteiger partial charge in [-0.15, -0.1) is 0 Å². The average molecular weight is 337 g/mol. The predicted octanol–water partition coefficient (Wildman–Crippen LogP) is 2.15. The van der Waals surface area contributed by atoms with E-state index in [0.29, 0.717) is 13.0 Å². The fourth-order valence-electron chi connectivity index (χ4n) is 3.35. The lowest BCUT2D eigenvalue weighted by Crippen LogP contribution is -2.50. The lowest BCUT2D eigenvalue weighted by Gasteiger charge is -2.34. The molecule has 3 N–H and O–H groups in total. The zero-order valence-electron chi connectivity index (χ0n) is 14.6. The van der Waals surface area contributed by atoms with Crippen molar-refractivity contribution in [1.82, 2.24) is 4.90 Å². The number of nitrogens with two attached hydrogens (primary N) is 1. The van der Waals surface area contributed by atoms with Crippen molar-refractivity contribution in [2.24, 2.45) is 5.73 Å². The van der Waals surface area contributed by atoms with Crippen molar-refractivity contribution in [2.75, 3.05) is 11.9 Å². The van der Waals surface area contributed by atoms with Gasteiger partial charge in [-0.1, -0.05) is 42.0 Å². The number of aryl methyl sites for hydroxylation is 2. The highest BCUT2D eigenvalue weighted by molar-refractivity contribution is 5.93. The summed E-state index contributed by atoms with van der Waals surface area (Å²) in [4.78, 5) is 26.2. The van der Waals surface area contributed by atoms with Crippen molar-refractivity contribution in [1.29, 1.82) is 0 Å². The number of hydrogen-bond acceptors (Lipinski definition) is 3. The van der Waals surface area contributed by atoms with E-state index in [1.54, 1.807) is 0 Å². The molecule has 0 fully saturated rings. The number of carbonyl (C=O) groups excluding carboxylic acids is 2. The molecule has 2 aromatic rings. The lowest BCUT2D eigenvalue weighted by molar-refractivity contribution is -0.125. The van der Waals surface area contributed by atoms with E-state index in [4.69, 9.17) is 5.73 Å². The first-order chi connectivity index (χ1) is 11.9. The smallest absolute Gasteiger partial charge is 0.238 e. The third-order valence-corrected chi connectivity index (χ3v) is 4.68. The van der Waals surface area contributed by atoms with Crippen molar-refractivity contribution >= 4 is 17.5 Å². The van der Waals surface area contributed by atoms with Crippen molar-refractivity contribution in [2.45, 2.75) is 32.9 Å². The Morgan fingerprint density at radius 3 is 2.56 bits per heavy atom. The van der Waals surface area contributed by atoms with Crippen LogP contribution < -0.4 is 11.1 Å². The predicted molar refractivity (Wildman–Crippen MR) is 98.1 cm³/mol. The summed E-state index contributed by atoms with van der Waals surface area (Å²) in [5, 5.41) is 2.94. The summed E-state index contributed by atoms with van der Waals surface area (Å²) in [5.74, 6) is -0.536. The number of fused-ring (bicyclic) bond motifs is 1. The number of amides is 2. The first-order valence-corrected chi connectivity index (χ1v) is 8.41. The minimum absolute atomic E-state index is 0.134. The van der Waals surface area contributed by atoms with Crippen LogP contribution in [0.15, 0.2) is 42.5 Å². The van der Waals surface area contributed by atoms with E-state index >= 15 is 0 Å². The van der Waals surface area contributed by atoms with Gasteiger partial charge in [-0.2, -0.15) is 0 Å². The Bertz CT molecular complexity index is 816.